The largest absolute Gasteiger partial charge is 0.462 e. The molecule has 0 fully saturated rings. The Balaban J connectivity index is 2.03. The van der Waals surface area contributed by atoms with Gasteiger partial charge in [0.1, 0.15) is 5.01 Å². The summed E-state index contributed by atoms with van der Waals surface area (Å²) >= 11 is 1.55. The first-order chi connectivity index (χ1) is 7.54. The SMILES string of the molecule is CC(C)(C)NCc1nnc(-c2ccco2)s1. The van der Waals surface area contributed by atoms with E-state index in [1.807, 2.05) is 12.1 Å². The molecule has 2 heterocycles. The summed E-state index contributed by atoms with van der Waals surface area (Å²) in [6.07, 6.45) is 1.64. The zero-order chi connectivity index (χ0) is 11.6. The number of nitrogens with one attached hydrogen (secondary N) is 1. The first kappa shape index (κ1) is 11.3. The van der Waals surface area contributed by atoms with Crippen LogP contribution in [-0.2, 0) is 6.54 Å². The van der Waals surface area contributed by atoms with Gasteiger partial charge < -0.3 is 9.73 Å². The van der Waals surface area contributed by atoms with Crippen LogP contribution >= 0.6 is 11.3 Å². The van der Waals surface area contributed by atoms with E-state index in [1.54, 1.807) is 17.6 Å². The average Bonchev–Trinajstić information content (AvgIpc) is 2.84. The minimum atomic E-state index is 0.0938. The third kappa shape index (κ3) is 2.90. The van der Waals surface area contributed by atoms with Gasteiger partial charge in [0.05, 0.1) is 12.8 Å². The quantitative estimate of drug-likeness (QED) is 0.891. The molecule has 2 rings (SSSR count). The molecule has 16 heavy (non-hydrogen) atoms. The van der Waals surface area contributed by atoms with Gasteiger partial charge in [0.25, 0.3) is 0 Å². The van der Waals surface area contributed by atoms with E-state index in [4.69, 9.17) is 4.42 Å². The molecule has 4 nitrogen and oxygen atoms in total. The lowest BCUT2D eigenvalue weighted by atomic mass is 10.1. The third-order valence-corrected chi connectivity index (χ3v) is 2.91. The van der Waals surface area contributed by atoms with E-state index in [-0.39, 0.29) is 5.54 Å². The van der Waals surface area contributed by atoms with E-state index in [9.17, 15) is 0 Å². The standard InChI is InChI=1S/C11H15N3OS/c1-11(2,3)12-7-9-13-14-10(16-9)8-5-4-6-15-8/h4-6,12H,7H2,1-3H3. The lowest BCUT2D eigenvalue weighted by molar-refractivity contribution is 0.423. The number of nitrogens with zero attached hydrogens (tertiary/aromatic N) is 2. The maximum Gasteiger partial charge on any atom is 0.183 e. The second kappa shape index (κ2) is 4.35. The topological polar surface area (TPSA) is 51.0 Å². The second-order valence-corrected chi connectivity index (χ2v) is 5.64. The summed E-state index contributed by atoms with van der Waals surface area (Å²) in [7, 11) is 0. The first-order valence-corrected chi connectivity index (χ1v) is 5.97. The second-order valence-electron chi connectivity index (χ2n) is 4.58. The highest BCUT2D eigenvalue weighted by Crippen LogP contribution is 2.23. The van der Waals surface area contributed by atoms with Crippen LogP contribution in [0.15, 0.2) is 22.8 Å². The molecule has 0 spiro atoms. The highest BCUT2D eigenvalue weighted by molar-refractivity contribution is 7.14. The van der Waals surface area contributed by atoms with Crippen molar-refractivity contribution in [2.45, 2.75) is 32.9 Å². The normalized spacial score (nSPS) is 11.9. The zero-order valence-electron chi connectivity index (χ0n) is 9.65. The summed E-state index contributed by atoms with van der Waals surface area (Å²) in [4.78, 5) is 0. The van der Waals surface area contributed by atoms with Gasteiger partial charge in [-0.1, -0.05) is 11.3 Å². The molecule has 5 heteroatoms. The van der Waals surface area contributed by atoms with Gasteiger partial charge in [-0.3, -0.25) is 0 Å². The smallest absolute Gasteiger partial charge is 0.183 e. The van der Waals surface area contributed by atoms with E-state index in [0.717, 1.165) is 22.3 Å². The van der Waals surface area contributed by atoms with Crippen molar-refractivity contribution in [3.05, 3.63) is 23.4 Å². The minimum absolute atomic E-state index is 0.0938. The Morgan fingerprint density at radius 2 is 2.19 bits per heavy atom. The minimum Gasteiger partial charge on any atom is -0.462 e. The van der Waals surface area contributed by atoms with Crippen molar-refractivity contribution in [3.63, 3.8) is 0 Å². The van der Waals surface area contributed by atoms with Crippen LogP contribution in [0.2, 0.25) is 0 Å². The third-order valence-electron chi connectivity index (χ3n) is 1.97. The maximum atomic E-state index is 5.27. The molecule has 0 aliphatic heterocycles. The molecule has 0 aromatic carbocycles. The van der Waals surface area contributed by atoms with Gasteiger partial charge in [-0.05, 0) is 32.9 Å². The fraction of sp³-hybridized carbons (Fsp3) is 0.455. The highest BCUT2D eigenvalue weighted by Gasteiger charge is 2.12. The van der Waals surface area contributed by atoms with Crippen molar-refractivity contribution < 1.29 is 4.42 Å². The number of aromatic nitrogens is 2. The molecule has 0 aliphatic rings. The monoisotopic (exact) mass is 237 g/mol. The van der Waals surface area contributed by atoms with E-state index < -0.39 is 0 Å². The summed E-state index contributed by atoms with van der Waals surface area (Å²) in [6, 6.07) is 3.74. The van der Waals surface area contributed by atoms with Crippen LogP contribution in [0.25, 0.3) is 10.8 Å². The molecule has 0 radical (unpaired) electrons. The first-order valence-electron chi connectivity index (χ1n) is 5.16. The van der Waals surface area contributed by atoms with Crippen LogP contribution in [0, 0.1) is 0 Å². The lowest BCUT2D eigenvalue weighted by Gasteiger charge is -2.19. The molecule has 2 aromatic heterocycles. The summed E-state index contributed by atoms with van der Waals surface area (Å²) in [5.41, 5.74) is 0.0938. The molecule has 0 saturated heterocycles. The van der Waals surface area contributed by atoms with Crippen LogP contribution in [0.5, 0.6) is 0 Å². The highest BCUT2D eigenvalue weighted by atomic mass is 32.1. The van der Waals surface area contributed by atoms with E-state index in [1.165, 1.54) is 0 Å². The van der Waals surface area contributed by atoms with Crippen molar-refractivity contribution in [2.24, 2.45) is 0 Å². The lowest BCUT2D eigenvalue weighted by Crippen LogP contribution is -2.35. The van der Waals surface area contributed by atoms with Crippen molar-refractivity contribution in [1.29, 1.82) is 0 Å². The Morgan fingerprint density at radius 1 is 1.38 bits per heavy atom. The molecule has 0 amide bonds. The summed E-state index contributed by atoms with van der Waals surface area (Å²) in [5.74, 6) is 0.777. The van der Waals surface area contributed by atoms with Gasteiger partial charge in [0.15, 0.2) is 10.8 Å². The van der Waals surface area contributed by atoms with E-state index >= 15 is 0 Å². The summed E-state index contributed by atoms with van der Waals surface area (Å²) in [5, 5.41) is 13.4. The van der Waals surface area contributed by atoms with Crippen molar-refractivity contribution in [3.8, 4) is 10.8 Å². The molecule has 86 valence electrons. The molecule has 0 saturated carbocycles. The van der Waals surface area contributed by atoms with Crippen molar-refractivity contribution >= 4 is 11.3 Å². The fourth-order valence-electron chi connectivity index (χ4n) is 1.17. The van der Waals surface area contributed by atoms with Crippen LogP contribution in [0.3, 0.4) is 0 Å². The Bertz CT molecular complexity index is 442. The van der Waals surface area contributed by atoms with Gasteiger partial charge in [-0.2, -0.15) is 0 Å². The molecule has 0 aliphatic carbocycles. The fourth-order valence-corrected chi connectivity index (χ4v) is 1.91. The van der Waals surface area contributed by atoms with Crippen molar-refractivity contribution in [2.75, 3.05) is 0 Å². The predicted octanol–water partition coefficient (Wildman–Crippen LogP) is 2.69. The van der Waals surface area contributed by atoms with Gasteiger partial charge >= 0.3 is 0 Å². The van der Waals surface area contributed by atoms with E-state index in [2.05, 4.69) is 36.3 Å². The molecule has 0 bridgehead atoms. The predicted molar refractivity (Wildman–Crippen MR) is 64.2 cm³/mol. The molecular formula is C11H15N3OS. The molecular weight excluding hydrogens is 222 g/mol. The summed E-state index contributed by atoms with van der Waals surface area (Å²) in [6.45, 7) is 7.12. The Hall–Kier alpha value is -1.20. The Labute approximate surface area is 98.7 Å². The van der Waals surface area contributed by atoms with Gasteiger partial charge in [0, 0.05) is 5.54 Å². The molecule has 0 unspecified atom stereocenters. The Kier molecular flexibility index (Phi) is 3.07. The van der Waals surface area contributed by atoms with Crippen molar-refractivity contribution in [1.82, 2.24) is 15.5 Å². The van der Waals surface area contributed by atoms with Crippen LogP contribution in [-0.4, -0.2) is 15.7 Å². The van der Waals surface area contributed by atoms with Crippen LogP contribution in [0.1, 0.15) is 25.8 Å². The van der Waals surface area contributed by atoms with E-state index in [0.29, 0.717) is 0 Å². The number of furan rings is 1. The van der Waals surface area contributed by atoms with Gasteiger partial charge in [-0.15, -0.1) is 10.2 Å². The number of hydrogen-bond acceptors (Lipinski definition) is 5. The maximum absolute atomic E-state index is 5.27. The molecule has 1 N–H and O–H groups in total. The summed E-state index contributed by atoms with van der Waals surface area (Å²) < 4.78 is 5.27. The number of rotatable bonds is 3. The average molecular weight is 237 g/mol. The van der Waals surface area contributed by atoms with Gasteiger partial charge in [0.2, 0.25) is 0 Å². The number of hydrogen-bond donors (Lipinski definition) is 1. The molecule has 2 aromatic rings. The molecule has 0 atom stereocenters. The van der Waals surface area contributed by atoms with Crippen LogP contribution < -0.4 is 5.32 Å². The zero-order valence-corrected chi connectivity index (χ0v) is 10.5. The van der Waals surface area contributed by atoms with Gasteiger partial charge in [-0.25, -0.2) is 0 Å². The van der Waals surface area contributed by atoms with Crippen LogP contribution in [0.4, 0.5) is 0 Å². The Morgan fingerprint density at radius 3 is 2.81 bits per heavy atom.